The number of benzene rings is 1. The van der Waals surface area contributed by atoms with Crippen LogP contribution in [0.4, 0.5) is 5.69 Å². The lowest BCUT2D eigenvalue weighted by molar-refractivity contribution is 0.527. The number of rotatable bonds is 2. The minimum absolute atomic E-state index is 0.789. The summed E-state index contributed by atoms with van der Waals surface area (Å²) < 4.78 is 6.43. The zero-order valence-electron chi connectivity index (χ0n) is 10.1. The number of thiazole rings is 1. The van der Waals surface area contributed by atoms with Gasteiger partial charge in [-0.05, 0) is 32.0 Å². The molecule has 0 aliphatic carbocycles. The van der Waals surface area contributed by atoms with Gasteiger partial charge in [-0.3, -0.25) is 0 Å². The van der Waals surface area contributed by atoms with E-state index in [1.807, 2.05) is 32.0 Å². The summed E-state index contributed by atoms with van der Waals surface area (Å²) in [5.74, 6) is 0.911. The van der Waals surface area contributed by atoms with Gasteiger partial charge >= 0.3 is 0 Å². The number of aryl methyl sites for hydroxylation is 2. The molecule has 1 aromatic carbocycles. The Labute approximate surface area is 113 Å². The van der Waals surface area contributed by atoms with Crippen LogP contribution in [0.25, 0.3) is 10.2 Å². The molecule has 0 aliphatic heterocycles. The third-order valence-corrected chi connectivity index (χ3v) is 4.81. The number of hydrogen-bond acceptors (Lipinski definition) is 5. The molecule has 0 radical (unpaired) electrons. The van der Waals surface area contributed by atoms with Gasteiger partial charge in [0, 0.05) is 10.6 Å². The second-order valence-electron chi connectivity index (χ2n) is 4.03. The fourth-order valence-electron chi connectivity index (χ4n) is 1.77. The number of hydrogen-bond donors (Lipinski definition) is 1. The molecule has 3 aromatic rings. The molecule has 0 spiro atoms. The van der Waals surface area contributed by atoms with Crippen LogP contribution in [0.1, 0.15) is 10.8 Å². The Bertz CT molecular complexity index is 715. The van der Waals surface area contributed by atoms with Crippen LogP contribution in [-0.4, -0.2) is 4.98 Å². The second-order valence-corrected chi connectivity index (χ2v) is 6.35. The average molecular weight is 276 g/mol. The molecule has 2 N–H and O–H groups in total. The van der Waals surface area contributed by atoms with E-state index in [0.717, 1.165) is 36.5 Å². The Morgan fingerprint density at radius 1 is 1.28 bits per heavy atom. The van der Waals surface area contributed by atoms with Gasteiger partial charge in [-0.1, -0.05) is 11.8 Å². The van der Waals surface area contributed by atoms with Crippen molar-refractivity contribution in [2.75, 3.05) is 5.73 Å². The molecule has 0 aliphatic rings. The van der Waals surface area contributed by atoms with Gasteiger partial charge in [0.05, 0.1) is 26.4 Å². The molecule has 3 nitrogen and oxygen atoms in total. The van der Waals surface area contributed by atoms with E-state index >= 15 is 0 Å². The molecule has 0 saturated heterocycles. The highest BCUT2D eigenvalue weighted by molar-refractivity contribution is 7.99. The minimum Gasteiger partial charge on any atom is -0.468 e. The van der Waals surface area contributed by atoms with Crippen molar-refractivity contribution in [2.45, 2.75) is 23.6 Å². The van der Waals surface area contributed by atoms with Crippen LogP contribution in [-0.2, 0) is 0 Å². The van der Waals surface area contributed by atoms with Gasteiger partial charge in [-0.2, -0.15) is 0 Å². The Morgan fingerprint density at radius 2 is 2.11 bits per heavy atom. The number of fused-ring (bicyclic) bond motifs is 1. The Balaban J connectivity index is 2.06. The highest BCUT2D eigenvalue weighted by atomic mass is 32.2. The summed E-state index contributed by atoms with van der Waals surface area (Å²) in [4.78, 5) is 6.61. The van der Waals surface area contributed by atoms with Crippen molar-refractivity contribution in [1.82, 2.24) is 4.98 Å². The van der Waals surface area contributed by atoms with Crippen molar-refractivity contribution in [3.8, 4) is 0 Å². The summed E-state index contributed by atoms with van der Waals surface area (Å²) >= 11 is 3.28. The lowest BCUT2D eigenvalue weighted by atomic mass is 10.3. The molecule has 18 heavy (non-hydrogen) atoms. The van der Waals surface area contributed by atoms with Crippen molar-refractivity contribution >= 4 is 39.0 Å². The van der Waals surface area contributed by atoms with Gasteiger partial charge in [-0.25, -0.2) is 4.98 Å². The lowest BCUT2D eigenvalue weighted by Crippen LogP contribution is -1.88. The zero-order chi connectivity index (χ0) is 12.7. The maximum atomic E-state index is 6.09. The topological polar surface area (TPSA) is 52.0 Å². The number of nitrogens with two attached hydrogens (primary N) is 1. The highest BCUT2D eigenvalue weighted by Gasteiger charge is 2.10. The van der Waals surface area contributed by atoms with Crippen molar-refractivity contribution in [3.63, 3.8) is 0 Å². The monoisotopic (exact) mass is 276 g/mol. The largest absolute Gasteiger partial charge is 0.468 e. The predicted octanol–water partition coefficient (Wildman–Crippen LogP) is 4.24. The molecular formula is C13H12N2OS2. The standard InChI is InChI=1S/C13H12N2OS2/c1-7-11(3-4-16-7)18-12-6-10-13(5-9(12)14)17-8(2)15-10/h3-6H,14H2,1-2H3. The molecule has 0 bridgehead atoms. The van der Waals surface area contributed by atoms with Gasteiger partial charge in [0.15, 0.2) is 0 Å². The first-order valence-electron chi connectivity index (χ1n) is 5.52. The van der Waals surface area contributed by atoms with E-state index in [-0.39, 0.29) is 0 Å². The molecule has 0 unspecified atom stereocenters. The molecule has 0 atom stereocenters. The third kappa shape index (κ3) is 2.00. The van der Waals surface area contributed by atoms with Crippen molar-refractivity contribution in [3.05, 3.63) is 35.2 Å². The van der Waals surface area contributed by atoms with Crippen molar-refractivity contribution in [2.24, 2.45) is 0 Å². The summed E-state index contributed by atoms with van der Waals surface area (Å²) in [6.45, 7) is 3.96. The second kappa shape index (κ2) is 4.33. The smallest absolute Gasteiger partial charge is 0.114 e. The van der Waals surface area contributed by atoms with Crippen LogP contribution >= 0.6 is 23.1 Å². The zero-order valence-corrected chi connectivity index (χ0v) is 11.7. The first kappa shape index (κ1) is 11.6. The number of nitrogens with zero attached hydrogens (tertiary/aromatic N) is 1. The molecular weight excluding hydrogens is 264 g/mol. The molecule has 0 amide bonds. The number of anilines is 1. The SMILES string of the molecule is Cc1nc2cc(Sc3ccoc3C)c(N)cc2s1. The molecule has 5 heteroatoms. The highest BCUT2D eigenvalue weighted by Crippen LogP contribution is 2.37. The molecule has 2 aromatic heterocycles. The minimum atomic E-state index is 0.789. The van der Waals surface area contributed by atoms with Crippen LogP contribution < -0.4 is 5.73 Å². The van der Waals surface area contributed by atoms with Gasteiger partial charge < -0.3 is 10.2 Å². The van der Waals surface area contributed by atoms with E-state index in [1.54, 1.807) is 29.4 Å². The van der Waals surface area contributed by atoms with Gasteiger partial charge in [-0.15, -0.1) is 11.3 Å². The van der Waals surface area contributed by atoms with E-state index in [0.29, 0.717) is 0 Å². The maximum Gasteiger partial charge on any atom is 0.114 e. The van der Waals surface area contributed by atoms with E-state index in [1.165, 1.54) is 0 Å². The quantitative estimate of drug-likeness (QED) is 0.711. The third-order valence-electron chi connectivity index (χ3n) is 2.66. The van der Waals surface area contributed by atoms with Crippen molar-refractivity contribution in [1.29, 1.82) is 0 Å². The summed E-state index contributed by atoms with van der Waals surface area (Å²) in [5, 5.41) is 1.06. The van der Waals surface area contributed by atoms with Crippen molar-refractivity contribution < 1.29 is 4.42 Å². The van der Waals surface area contributed by atoms with E-state index < -0.39 is 0 Å². The fourth-order valence-corrected chi connectivity index (χ4v) is 3.53. The van der Waals surface area contributed by atoms with E-state index in [4.69, 9.17) is 10.2 Å². The average Bonchev–Trinajstić information content (AvgIpc) is 2.85. The number of aromatic nitrogens is 1. The van der Waals surface area contributed by atoms with Gasteiger partial charge in [0.1, 0.15) is 5.76 Å². The van der Waals surface area contributed by atoms with Crippen LogP contribution in [0.15, 0.2) is 38.7 Å². The van der Waals surface area contributed by atoms with E-state index in [2.05, 4.69) is 4.98 Å². The van der Waals surface area contributed by atoms with Crippen LogP contribution in [0, 0.1) is 13.8 Å². The van der Waals surface area contributed by atoms with Gasteiger partial charge in [0.2, 0.25) is 0 Å². The summed E-state index contributed by atoms with van der Waals surface area (Å²) in [6, 6.07) is 6.00. The van der Waals surface area contributed by atoms with Crippen LogP contribution in [0.2, 0.25) is 0 Å². The first-order valence-corrected chi connectivity index (χ1v) is 7.15. The Kier molecular flexibility index (Phi) is 2.80. The van der Waals surface area contributed by atoms with Gasteiger partial charge in [0.25, 0.3) is 0 Å². The normalized spacial score (nSPS) is 11.2. The summed E-state index contributed by atoms with van der Waals surface area (Å²) in [7, 11) is 0. The van der Waals surface area contributed by atoms with Crippen LogP contribution in [0.3, 0.4) is 0 Å². The first-order chi connectivity index (χ1) is 8.63. The maximum absolute atomic E-state index is 6.09. The molecule has 0 fully saturated rings. The fraction of sp³-hybridized carbons (Fsp3) is 0.154. The number of furan rings is 1. The Morgan fingerprint density at radius 3 is 2.83 bits per heavy atom. The molecule has 2 heterocycles. The number of nitrogen functional groups attached to an aromatic ring is 1. The molecule has 92 valence electrons. The summed E-state index contributed by atoms with van der Waals surface area (Å²) in [6.07, 6.45) is 1.69. The summed E-state index contributed by atoms with van der Waals surface area (Å²) in [5.41, 5.74) is 7.89. The predicted molar refractivity (Wildman–Crippen MR) is 76.3 cm³/mol. The molecule has 3 rings (SSSR count). The Hall–Kier alpha value is -1.46. The molecule has 0 saturated carbocycles. The van der Waals surface area contributed by atoms with Crippen LogP contribution in [0.5, 0.6) is 0 Å². The van der Waals surface area contributed by atoms with E-state index in [9.17, 15) is 0 Å². The lowest BCUT2D eigenvalue weighted by Gasteiger charge is -2.04.